The first-order valence-electron chi connectivity index (χ1n) is 9.89. The summed E-state index contributed by atoms with van der Waals surface area (Å²) < 4.78 is 67.2. The Bertz CT molecular complexity index is 927. The van der Waals surface area contributed by atoms with Crippen LogP contribution in [0.5, 0.6) is 0 Å². The molecule has 0 amide bonds. The third-order valence-corrected chi connectivity index (χ3v) is 5.60. The minimum Gasteiger partial charge on any atom is -0.391 e. The molecular weight excluding hydrogens is 421 g/mol. The maximum absolute atomic E-state index is 13.6. The van der Waals surface area contributed by atoms with Crippen LogP contribution in [0, 0.1) is 5.92 Å². The number of nitrogens with zero attached hydrogens (tertiary/aromatic N) is 4. The molecule has 2 fully saturated rings. The van der Waals surface area contributed by atoms with Crippen LogP contribution in [0.4, 0.5) is 45.1 Å². The number of hydrogen-bond donors (Lipinski definition) is 2. The second kappa shape index (κ2) is 7.77. The summed E-state index contributed by atoms with van der Waals surface area (Å²) in [7, 11) is 0. The number of benzene rings is 1. The quantitative estimate of drug-likeness (QED) is 0.699. The smallest absolute Gasteiger partial charge is 0.391 e. The van der Waals surface area contributed by atoms with Crippen molar-refractivity contribution in [2.75, 3.05) is 41.3 Å². The van der Waals surface area contributed by atoms with Crippen molar-refractivity contribution < 1.29 is 27.1 Å². The molecule has 1 aromatic heterocycles. The van der Waals surface area contributed by atoms with Crippen molar-refractivity contribution in [2.24, 2.45) is 5.92 Å². The second-order valence-corrected chi connectivity index (χ2v) is 8.08. The van der Waals surface area contributed by atoms with Gasteiger partial charge in [0, 0.05) is 49.5 Å². The van der Waals surface area contributed by atoms with E-state index in [2.05, 4.69) is 15.3 Å². The molecule has 4 rings (SSSR count). The lowest BCUT2D eigenvalue weighted by atomic mass is 10.1. The van der Waals surface area contributed by atoms with Gasteiger partial charge in [0.25, 0.3) is 5.92 Å². The van der Waals surface area contributed by atoms with Gasteiger partial charge < -0.3 is 20.2 Å². The molecule has 0 saturated carbocycles. The zero-order chi connectivity index (χ0) is 22.4. The minimum atomic E-state index is -4.76. The van der Waals surface area contributed by atoms with Gasteiger partial charge in [-0.15, -0.1) is 0 Å². The Morgan fingerprint density at radius 3 is 2.39 bits per heavy atom. The van der Waals surface area contributed by atoms with Gasteiger partial charge in [-0.25, -0.2) is 13.8 Å². The molecule has 2 aromatic rings. The van der Waals surface area contributed by atoms with Crippen LogP contribution in [-0.4, -0.2) is 53.3 Å². The third-order valence-electron chi connectivity index (χ3n) is 5.60. The Balaban J connectivity index is 1.54. The van der Waals surface area contributed by atoms with E-state index in [0.29, 0.717) is 18.4 Å². The summed E-state index contributed by atoms with van der Waals surface area (Å²) in [5, 5.41) is 12.7. The summed E-state index contributed by atoms with van der Waals surface area (Å²) in [5.41, 5.74) is 0.295. The van der Waals surface area contributed by atoms with Crippen LogP contribution in [0.1, 0.15) is 18.9 Å². The van der Waals surface area contributed by atoms with Crippen LogP contribution in [0.15, 0.2) is 30.5 Å². The summed E-state index contributed by atoms with van der Waals surface area (Å²) in [5.74, 6) is -3.57. The van der Waals surface area contributed by atoms with Crippen molar-refractivity contribution in [1.29, 1.82) is 0 Å². The Morgan fingerprint density at radius 1 is 1.13 bits per heavy atom. The SMILES string of the molecule is C[C@H]1CN(c2ccc(Nc3ncc(C(F)(F)F)c(N4CCC(F)(F)C4)n3)cc2)C[C@@H]1O. The lowest BCUT2D eigenvalue weighted by Gasteiger charge is -2.22. The molecule has 2 N–H and O–H groups in total. The van der Waals surface area contributed by atoms with Crippen molar-refractivity contribution in [1.82, 2.24) is 9.97 Å². The summed E-state index contributed by atoms with van der Waals surface area (Å²) >= 11 is 0. The normalized spacial score (nSPS) is 23.5. The average Bonchev–Trinajstić information content (AvgIpc) is 3.23. The second-order valence-electron chi connectivity index (χ2n) is 8.08. The van der Waals surface area contributed by atoms with Crippen LogP contribution in [0.2, 0.25) is 0 Å². The van der Waals surface area contributed by atoms with Crippen molar-refractivity contribution in [2.45, 2.75) is 31.5 Å². The van der Waals surface area contributed by atoms with Gasteiger partial charge in [-0.2, -0.15) is 18.2 Å². The molecule has 0 aliphatic carbocycles. The number of hydrogen-bond acceptors (Lipinski definition) is 6. The predicted octanol–water partition coefficient (Wildman–Crippen LogP) is 3.90. The van der Waals surface area contributed by atoms with Gasteiger partial charge in [0.05, 0.1) is 12.6 Å². The Kier molecular flexibility index (Phi) is 5.40. The molecule has 0 radical (unpaired) electrons. The third kappa shape index (κ3) is 4.65. The first-order chi connectivity index (χ1) is 14.5. The van der Waals surface area contributed by atoms with E-state index in [-0.39, 0.29) is 18.4 Å². The Morgan fingerprint density at radius 2 is 1.84 bits per heavy atom. The topological polar surface area (TPSA) is 64.5 Å². The molecule has 0 bridgehead atoms. The van der Waals surface area contributed by atoms with Gasteiger partial charge in [0.2, 0.25) is 5.95 Å². The molecule has 2 atom stereocenters. The number of aliphatic hydroxyl groups excluding tert-OH is 1. The monoisotopic (exact) mass is 443 g/mol. The summed E-state index contributed by atoms with van der Waals surface area (Å²) in [6.45, 7) is 2.18. The number of alkyl halides is 5. The fourth-order valence-electron chi connectivity index (χ4n) is 3.84. The molecule has 2 saturated heterocycles. The Hall–Kier alpha value is -2.69. The zero-order valence-electron chi connectivity index (χ0n) is 16.7. The molecule has 11 heteroatoms. The minimum absolute atomic E-state index is 0.115. The fraction of sp³-hybridized carbons (Fsp3) is 0.500. The van der Waals surface area contributed by atoms with Crippen LogP contribution in [0.25, 0.3) is 0 Å². The predicted molar refractivity (Wildman–Crippen MR) is 106 cm³/mol. The largest absolute Gasteiger partial charge is 0.421 e. The van der Waals surface area contributed by atoms with Gasteiger partial charge in [0.1, 0.15) is 11.4 Å². The molecule has 0 spiro atoms. The van der Waals surface area contributed by atoms with Gasteiger partial charge in [-0.3, -0.25) is 0 Å². The van der Waals surface area contributed by atoms with E-state index >= 15 is 0 Å². The van der Waals surface area contributed by atoms with E-state index in [9.17, 15) is 27.1 Å². The van der Waals surface area contributed by atoms with E-state index < -0.39 is 42.5 Å². The number of nitrogens with one attached hydrogen (secondary N) is 1. The lowest BCUT2D eigenvalue weighted by molar-refractivity contribution is -0.137. The number of rotatable bonds is 4. The first-order valence-corrected chi connectivity index (χ1v) is 9.89. The number of β-amino-alcohol motifs (C(OH)–C–C–N with tert-alkyl or cyclic N) is 1. The highest BCUT2D eigenvalue weighted by Gasteiger charge is 2.43. The number of halogens is 5. The molecule has 3 heterocycles. The van der Waals surface area contributed by atoms with Crippen LogP contribution >= 0.6 is 0 Å². The summed E-state index contributed by atoms with van der Waals surface area (Å²) in [6.07, 6.45) is -5.06. The highest BCUT2D eigenvalue weighted by molar-refractivity contribution is 5.61. The van der Waals surface area contributed by atoms with Crippen LogP contribution < -0.4 is 15.1 Å². The van der Waals surface area contributed by atoms with Crippen molar-refractivity contribution in [3.63, 3.8) is 0 Å². The van der Waals surface area contributed by atoms with Crippen LogP contribution in [-0.2, 0) is 6.18 Å². The van der Waals surface area contributed by atoms with Crippen molar-refractivity contribution >= 4 is 23.1 Å². The maximum atomic E-state index is 13.6. The summed E-state index contributed by atoms with van der Waals surface area (Å²) in [6, 6.07) is 7.07. The van der Waals surface area contributed by atoms with E-state index in [0.717, 1.165) is 17.1 Å². The summed E-state index contributed by atoms with van der Waals surface area (Å²) in [4.78, 5) is 10.6. The molecule has 1 aromatic carbocycles. The maximum Gasteiger partial charge on any atom is 0.421 e. The lowest BCUT2D eigenvalue weighted by Crippen LogP contribution is -2.28. The number of aliphatic hydroxyl groups is 1. The van der Waals surface area contributed by atoms with E-state index in [1.54, 1.807) is 12.1 Å². The number of anilines is 4. The molecule has 31 heavy (non-hydrogen) atoms. The van der Waals surface area contributed by atoms with Gasteiger partial charge in [-0.05, 0) is 24.3 Å². The van der Waals surface area contributed by atoms with Gasteiger partial charge in [-0.1, -0.05) is 6.92 Å². The standard InChI is InChI=1S/C20H22F5N5O/c1-12-9-30(10-16(12)31)14-4-2-13(3-5-14)27-18-26-8-15(20(23,24)25)17(28-18)29-7-6-19(21,22)11-29/h2-5,8,12,16,31H,6-7,9-11H2,1H3,(H,26,27,28)/t12-,16-/m0/s1. The highest BCUT2D eigenvalue weighted by Crippen LogP contribution is 2.39. The number of aromatic nitrogens is 2. The molecule has 2 aliphatic rings. The molecular formula is C20H22F5N5O. The molecule has 0 unspecified atom stereocenters. The fourth-order valence-corrected chi connectivity index (χ4v) is 3.84. The van der Waals surface area contributed by atoms with Crippen molar-refractivity contribution in [3.05, 3.63) is 36.0 Å². The molecule has 2 aliphatic heterocycles. The highest BCUT2D eigenvalue weighted by atomic mass is 19.4. The average molecular weight is 443 g/mol. The van der Waals surface area contributed by atoms with E-state index in [4.69, 9.17) is 0 Å². The first kappa shape index (κ1) is 21.5. The Labute approximate surface area is 175 Å². The van der Waals surface area contributed by atoms with E-state index in [1.165, 1.54) is 0 Å². The zero-order valence-corrected chi connectivity index (χ0v) is 16.7. The molecule has 6 nitrogen and oxygen atoms in total. The van der Waals surface area contributed by atoms with Gasteiger partial charge >= 0.3 is 6.18 Å². The van der Waals surface area contributed by atoms with Crippen molar-refractivity contribution in [3.8, 4) is 0 Å². The van der Waals surface area contributed by atoms with Crippen LogP contribution in [0.3, 0.4) is 0 Å². The van der Waals surface area contributed by atoms with E-state index in [1.807, 2.05) is 24.0 Å². The van der Waals surface area contributed by atoms with Gasteiger partial charge in [0.15, 0.2) is 0 Å². The molecule has 168 valence electrons.